The Bertz CT molecular complexity index is 433. The minimum absolute atomic E-state index is 0.755. The molecule has 0 atom stereocenters. The van der Waals surface area contributed by atoms with Gasteiger partial charge in [-0.05, 0) is 64.2 Å². The summed E-state index contributed by atoms with van der Waals surface area (Å²) in [5.41, 5.74) is 4.21. The van der Waals surface area contributed by atoms with Crippen LogP contribution in [0.15, 0.2) is 47.6 Å². The summed E-state index contributed by atoms with van der Waals surface area (Å²) in [6, 6.07) is 8.39. The van der Waals surface area contributed by atoms with Gasteiger partial charge in [0.05, 0.1) is 6.61 Å². The third kappa shape index (κ3) is 7.18. The second kappa shape index (κ2) is 9.41. The topological polar surface area (TPSA) is 9.23 Å². The molecule has 0 aliphatic heterocycles. The lowest BCUT2D eigenvalue weighted by molar-refractivity contribution is 0.324. The zero-order valence-corrected chi connectivity index (χ0v) is 13.4. The molecule has 0 aromatic heterocycles. The van der Waals surface area contributed by atoms with Gasteiger partial charge in [-0.25, -0.2) is 0 Å². The Morgan fingerprint density at radius 1 is 1.00 bits per heavy atom. The Hall–Kier alpha value is -1.50. The van der Waals surface area contributed by atoms with Gasteiger partial charge >= 0.3 is 0 Å². The zero-order chi connectivity index (χ0) is 14.8. The lowest BCUT2D eigenvalue weighted by atomic mass is 10.1. The van der Waals surface area contributed by atoms with E-state index in [0.29, 0.717) is 0 Å². The highest BCUT2D eigenvalue weighted by molar-refractivity contribution is 5.27. The van der Waals surface area contributed by atoms with E-state index >= 15 is 0 Å². The van der Waals surface area contributed by atoms with Gasteiger partial charge in [0.25, 0.3) is 0 Å². The molecular weight excluding hydrogens is 244 g/mol. The van der Waals surface area contributed by atoms with Crippen LogP contribution in [0.5, 0.6) is 5.75 Å². The number of ether oxygens (including phenoxy) is 1. The Morgan fingerprint density at radius 3 is 2.30 bits per heavy atom. The summed E-state index contributed by atoms with van der Waals surface area (Å²) in [4.78, 5) is 0. The SMILES string of the molecule is CCc1ccc(OCCC=C(C)CCC=C(C)C)cc1. The highest BCUT2D eigenvalue weighted by Gasteiger charge is 1.94. The van der Waals surface area contributed by atoms with E-state index in [-0.39, 0.29) is 0 Å². The Morgan fingerprint density at radius 2 is 1.70 bits per heavy atom. The molecule has 0 aliphatic carbocycles. The van der Waals surface area contributed by atoms with E-state index in [1.807, 2.05) is 0 Å². The summed E-state index contributed by atoms with van der Waals surface area (Å²) in [6.45, 7) is 9.42. The van der Waals surface area contributed by atoms with Crippen LogP contribution in [0.4, 0.5) is 0 Å². The van der Waals surface area contributed by atoms with E-state index in [4.69, 9.17) is 4.74 Å². The summed E-state index contributed by atoms with van der Waals surface area (Å²) in [6.07, 6.45) is 8.94. The summed E-state index contributed by atoms with van der Waals surface area (Å²) in [5.74, 6) is 0.970. The molecule has 110 valence electrons. The third-order valence-corrected chi connectivity index (χ3v) is 3.30. The molecule has 0 aliphatic rings. The molecule has 0 unspecified atom stereocenters. The second-order valence-corrected chi connectivity index (χ2v) is 5.51. The average Bonchev–Trinajstić information content (AvgIpc) is 2.44. The molecule has 20 heavy (non-hydrogen) atoms. The molecule has 1 nitrogen and oxygen atoms in total. The van der Waals surface area contributed by atoms with E-state index in [1.54, 1.807) is 0 Å². The van der Waals surface area contributed by atoms with Crippen molar-refractivity contribution in [3.63, 3.8) is 0 Å². The van der Waals surface area contributed by atoms with Crippen molar-refractivity contribution in [1.29, 1.82) is 0 Å². The number of aryl methyl sites for hydroxylation is 1. The third-order valence-electron chi connectivity index (χ3n) is 3.30. The van der Waals surface area contributed by atoms with Crippen LogP contribution in [0.2, 0.25) is 0 Å². The van der Waals surface area contributed by atoms with Gasteiger partial charge in [-0.2, -0.15) is 0 Å². The lowest BCUT2D eigenvalue weighted by Crippen LogP contribution is -1.96. The van der Waals surface area contributed by atoms with Gasteiger partial charge in [0.15, 0.2) is 0 Å². The summed E-state index contributed by atoms with van der Waals surface area (Å²) >= 11 is 0. The van der Waals surface area contributed by atoms with Crippen LogP contribution in [-0.2, 0) is 6.42 Å². The normalized spacial score (nSPS) is 11.3. The van der Waals surface area contributed by atoms with Crippen LogP contribution in [0.3, 0.4) is 0 Å². The molecule has 0 heterocycles. The van der Waals surface area contributed by atoms with E-state index < -0.39 is 0 Å². The molecule has 0 saturated heterocycles. The molecule has 0 radical (unpaired) electrons. The highest BCUT2D eigenvalue weighted by atomic mass is 16.5. The Labute approximate surface area is 124 Å². The van der Waals surface area contributed by atoms with Crippen LogP contribution < -0.4 is 4.74 Å². The molecule has 0 bridgehead atoms. The average molecular weight is 272 g/mol. The first kappa shape index (κ1) is 16.6. The number of hydrogen-bond acceptors (Lipinski definition) is 1. The fourth-order valence-corrected chi connectivity index (χ4v) is 1.99. The standard InChI is InChI=1S/C19H28O/c1-5-18-11-13-19(14-12-18)20-15-7-10-17(4)9-6-8-16(2)3/h8,10-14H,5-7,9,15H2,1-4H3. The van der Waals surface area contributed by atoms with Gasteiger partial charge in [-0.15, -0.1) is 0 Å². The molecule has 1 aromatic rings. The van der Waals surface area contributed by atoms with Crippen molar-refractivity contribution in [3.05, 3.63) is 53.1 Å². The predicted molar refractivity (Wildman–Crippen MR) is 88.4 cm³/mol. The molecule has 1 rings (SSSR count). The first-order valence-electron chi connectivity index (χ1n) is 7.62. The number of benzene rings is 1. The molecule has 1 heteroatoms. The van der Waals surface area contributed by atoms with Crippen LogP contribution in [0.25, 0.3) is 0 Å². The molecule has 0 spiro atoms. The van der Waals surface area contributed by atoms with E-state index in [1.165, 1.54) is 16.7 Å². The van der Waals surface area contributed by atoms with Crippen molar-refractivity contribution in [1.82, 2.24) is 0 Å². The quantitative estimate of drug-likeness (QED) is 0.435. The van der Waals surface area contributed by atoms with Crippen LogP contribution in [0, 0.1) is 0 Å². The molecule has 0 fully saturated rings. The lowest BCUT2D eigenvalue weighted by Gasteiger charge is -2.06. The Balaban J connectivity index is 2.24. The molecule has 0 saturated carbocycles. The van der Waals surface area contributed by atoms with Gasteiger partial charge in [0.1, 0.15) is 5.75 Å². The zero-order valence-electron chi connectivity index (χ0n) is 13.4. The van der Waals surface area contributed by atoms with Crippen molar-refractivity contribution in [2.24, 2.45) is 0 Å². The number of allylic oxidation sites excluding steroid dienone is 3. The van der Waals surface area contributed by atoms with Crippen LogP contribution >= 0.6 is 0 Å². The smallest absolute Gasteiger partial charge is 0.119 e. The first-order valence-corrected chi connectivity index (χ1v) is 7.62. The van der Waals surface area contributed by atoms with Gasteiger partial charge in [0, 0.05) is 0 Å². The van der Waals surface area contributed by atoms with Gasteiger partial charge in [-0.1, -0.05) is 42.4 Å². The summed E-state index contributed by atoms with van der Waals surface area (Å²) in [7, 11) is 0. The minimum Gasteiger partial charge on any atom is -0.493 e. The van der Waals surface area contributed by atoms with E-state index in [2.05, 4.69) is 64.1 Å². The van der Waals surface area contributed by atoms with Crippen LogP contribution in [0.1, 0.15) is 52.5 Å². The maximum Gasteiger partial charge on any atom is 0.119 e. The molecule has 1 aromatic carbocycles. The molecular formula is C19H28O. The van der Waals surface area contributed by atoms with E-state index in [9.17, 15) is 0 Å². The maximum absolute atomic E-state index is 5.74. The highest BCUT2D eigenvalue weighted by Crippen LogP contribution is 2.13. The van der Waals surface area contributed by atoms with Crippen molar-refractivity contribution in [2.75, 3.05) is 6.61 Å². The maximum atomic E-state index is 5.74. The van der Waals surface area contributed by atoms with Crippen molar-refractivity contribution in [2.45, 2.75) is 53.4 Å². The van der Waals surface area contributed by atoms with Gasteiger partial charge in [-0.3, -0.25) is 0 Å². The van der Waals surface area contributed by atoms with Crippen LogP contribution in [-0.4, -0.2) is 6.61 Å². The van der Waals surface area contributed by atoms with Gasteiger partial charge < -0.3 is 4.74 Å². The molecule has 0 N–H and O–H groups in total. The number of hydrogen-bond donors (Lipinski definition) is 0. The fourth-order valence-electron chi connectivity index (χ4n) is 1.99. The minimum atomic E-state index is 0.755. The predicted octanol–water partition coefficient (Wildman–Crippen LogP) is 5.71. The largest absolute Gasteiger partial charge is 0.493 e. The van der Waals surface area contributed by atoms with Gasteiger partial charge in [0.2, 0.25) is 0 Å². The Kier molecular flexibility index (Phi) is 7.79. The number of rotatable bonds is 8. The van der Waals surface area contributed by atoms with Crippen molar-refractivity contribution in [3.8, 4) is 5.75 Å². The van der Waals surface area contributed by atoms with Crippen molar-refractivity contribution < 1.29 is 4.74 Å². The van der Waals surface area contributed by atoms with E-state index in [0.717, 1.165) is 38.0 Å². The second-order valence-electron chi connectivity index (χ2n) is 5.51. The van der Waals surface area contributed by atoms with Crippen molar-refractivity contribution >= 4 is 0 Å². The summed E-state index contributed by atoms with van der Waals surface area (Å²) < 4.78 is 5.74. The monoisotopic (exact) mass is 272 g/mol. The fraction of sp³-hybridized carbons (Fsp3) is 0.474. The summed E-state index contributed by atoms with van der Waals surface area (Å²) in [5, 5.41) is 0. The first-order chi connectivity index (χ1) is 9.61. The molecule has 0 amide bonds.